The van der Waals surface area contributed by atoms with Gasteiger partial charge in [-0.05, 0) is 37.1 Å². The first-order chi connectivity index (χ1) is 10.7. The molecule has 0 bridgehead atoms. The molecular weight excluding hydrogens is 274 g/mol. The number of nitrogens with zero attached hydrogens (tertiary/aromatic N) is 2. The minimum Gasteiger partial charge on any atom is -0.326 e. The fraction of sp³-hybridized carbons (Fsp3) is 0.222. The van der Waals surface area contributed by atoms with Crippen LogP contribution in [-0.4, -0.2) is 15.3 Å². The quantitative estimate of drug-likeness (QED) is 0.789. The molecule has 1 N–H and O–H groups in total. The Morgan fingerprint density at radius 2 is 2.14 bits per heavy atom. The largest absolute Gasteiger partial charge is 0.326 e. The van der Waals surface area contributed by atoms with Crippen LogP contribution >= 0.6 is 0 Å². The van der Waals surface area contributed by atoms with E-state index in [0.29, 0.717) is 6.42 Å². The number of fused-ring (bicyclic) bond motifs is 1. The molecule has 2 heterocycles. The highest BCUT2D eigenvalue weighted by molar-refractivity contribution is 5.91. The molecule has 0 unspecified atom stereocenters. The zero-order chi connectivity index (χ0) is 15.5. The van der Waals surface area contributed by atoms with E-state index in [2.05, 4.69) is 10.3 Å². The summed E-state index contributed by atoms with van der Waals surface area (Å²) in [6.07, 6.45) is 5.38. The van der Waals surface area contributed by atoms with E-state index >= 15 is 0 Å². The Morgan fingerprint density at radius 3 is 2.91 bits per heavy atom. The molecule has 0 spiro atoms. The number of pyridine rings is 1. The lowest BCUT2D eigenvalue weighted by Gasteiger charge is -2.05. The second kappa shape index (κ2) is 6.02. The first kappa shape index (κ1) is 14.3. The highest BCUT2D eigenvalue weighted by Gasteiger charge is 2.07. The molecule has 1 amide bonds. The van der Waals surface area contributed by atoms with Gasteiger partial charge < -0.3 is 9.72 Å². The molecule has 3 aromatic rings. The van der Waals surface area contributed by atoms with Gasteiger partial charge in [0.15, 0.2) is 0 Å². The van der Waals surface area contributed by atoms with E-state index in [4.69, 9.17) is 0 Å². The van der Waals surface area contributed by atoms with Crippen molar-refractivity contribution in [1.29, 1.82) is 0 Å². The highest BCUT2D eigenvalue weighted by atomic mass is 16.1. The Morgan fingerprint density at radius 1 is 1.27 bits per heavy atom. The number of benzene rings is 1. The monoisotopic (exact) mass is 293 g/mol. The molecule has 0 atom stereocenters. The number of hydrogen-bond donors (Lipinski definition) is 1. The third-order valence-electron chi connectivity index (χ3n) is 3.60. The van der Waals surface area contributed by atoms with Crippen LogP contribution in [0.4, 0.5) is 5.69 Å². The number of carbonyl (C=O) groups excluding carboxylic acids is 1. The molecule has 3 rings (SSSR count). The van der Waals surface area contributed by atoms with Crippen LogP contribution in [0.5, 0.6) is 0 Å². The fourth-order valence-electron chi connectivity index (χ4n) is 2.50. The van der Waals surface area contributed by atoms with Crippen molar-refractivity contribution in [3.8, 4) is 11.3 Å². The summed E-state index contributed by atoms with van der Waals surface area (Å²) < 4.78 is 2.02. The SMILES string of the molecule is CCCC(=O)Nc1cccc(-c2cn3cccc(C)c3n2)c1. The number of carbonyl (C=O) groups is 1. The number of imidazole rings is 1. The van der Waals surface area contributed by atoms with Gasteiger partial charge in [-0.15, -0.1) is 0 Å². The summed E-state index contributed by atoms with van der Waals surface area (Å²) in [4.78, 5) is 16.4. The van der Waals surface area contributed by atoms with Crippen LogP contribution in [0.15, 0.2) is 48.8 Å². The van der Waals surface area contributed by atoms with Crippen LogP contribution < -0.4 is 5.32 Å². The number of hydrogen-bond acceptors (Lipinski definition) is 2. The third-order valence-corrected chi connectivity index (χ3v) is 3.60. The van der Waals surface area contributed by atoms with Crippen molar-refractivity contribution >= 4 is 17.2 Å². The molecule has 0 aliphatic heterocycles. The fourth-order valence-corrected chi connectivity index (χ4v) is 2.50. The Balaban J connectivity index is 1.93. The molecule has 0 aliphatic carbocycles. The molecule has 0 saturated carbocycles. The third kappa shape index (κ3) is 2.86. The van der Waals surface area contributed by atoms with Crippen LogP contribution in [0, 0.1) is 6.92 Å². The van der Waals surface area contributed by atoms with Gasteiger partial charge >= 0.3 is 0 Å². The smallest absolute Gasteiger partial charge is 0.224 e. The standard InChI is InChI=1S/C18H19N3O/c1-3-6-17(22)19-15-9-4-8-14(11-15)16-12-21-10-5-7-13(2)18(21)20-16/h4-5,7-12H,3,6H2,1-2H3,(H,19,22). The van der Waals surface area contributed by atoms with Gasteiger partial charge in [-0.2, -0.15) is 0 Å². The van der Waals surface area contributed by atoms with Gasteiger partial charge in [0.25, 0.3) is 0 Å². The Hall–Kier alpha value is -2.62. The second-order valence-corrected chi connectivity index (χ2v) is 5.43. The average molecular weight is 293 g/mol. The molecule has 22 heavy (non-hydrogen) atoms. The first-order valence-electron chi connectivity index (χ1n) is 7.52. The van der Waals surface area contributed by atoms with Crippen LogP contribution in [0.25, 0.3) is 16.9 Å². The van der Waals surface area contributed by atoms with Crippen molar-refractivity contribution in [1.82, 2.24) is 9.38 Å². The van der Waals surface area contributed by atoms with Crippen LogP contribution in [0.3, 0.4) is 0 Å². The number of amides is 1. The second-order valence-electron chi connectivity index (χ2n) is 5.43. The molecule has 1 aromatic carbocycles. The number of anilines is 1. The van der Waals surface area contributed by atoms with Gasteiger partial charge in [-0.3, -0.25) is 4.79 Å². The van der Waals surface area contributed by atoms with E-state index in [1.165, 1.54) is 0 Å². The number of aromatic nitrogens is 2. The summed E-state index contributed by atoms with van der Waals surface area (Å²) in [5, 5.41) is 2.92. The molecule has 0 aliphatic rings. The lowest BCUT2D eigenvalue weighted by Crippen LogP contribution is -2.10. The molecule has 2 aromatic heterocycles. The van der Waals surface area contributed by atoms with Crippen molar-refractivity contribution in [2.24, 2.45) is 0 Å². The Labute approximate surface area is 129 Å². The molecule has 0 saturated heterocycles. The summed E-state index contributed by atoms with van der Waals surface area (Å²) in [5.41, 5.74) is 4.81. The molecular formula is C18H19N3O. The van der Waals surface area contributed by atoms with Gasteiger partial charge in [-0.1, -0.05) is 25.1 Å². The summed E-state index contributed by atoms with van der Waals surface area (Å²) in [6.45, 7) is 4.04. The van der Waals surface area contributed by atoms with E-state index in [9.17, 15) is 4.79 Å². The maximum atomic E-state index is 11.7. The van der Waals surface area contributed by atoms with Gasteiger partial charge in [0.05, 0.1) is 5.69 Å². The zero-order valence-electron chi connectivity index (χ0n) is 12.8. The number of rotatable bonds is 4. The lowest BCUT2D eigenvalue weighted by molar-refractivity contribution is -0.116. The Bertz CT molecular complexity index is 820. The lowest BCUT2D eigenvalue weighted by atomic mass is 10.1. The zero-order valence-corrected chi connectivity index (χ0v) is 12.8. The predicted octanol–water partition coefficient (Wildman–Crippen LogP) is 4.05. The minimum absolute atomic E-state index is 0.0468. The van der Waals surface area contributed by atoms with Crippen molar-refractivity contribution in [2.75, 3.05) is 5.32 Å². The summed E-state index contributed by atoms with van der Waals surface area (Å²) in [7, 11) is 0. The Kier molecular flexibility index (Phi) is 3.92. The number of aryl methyl sites for hydroxylation is 1. The van der Waals surface area contributed by atoms with Gasteiger partial charge in [0.1, 0.15) is 5.65 Å². The first-order valence-corrected chi connectivity index (χ1v) is 7.52. The molecule has 4 nitrogen and oxygen atoms in total. The van der Waals surface area contributed by atoms with Gasteiger partial charge in [0, 0.05) is 30.1 Å². The topological polar surface area (TPSA) is 46.4 Å². The van der Waals surface area contributed by atoms with E-state index in [0.717, 1.165) is 34.6 Å². The molecule has 0 fully saturated rings. The summed E-state index contributed by atoms with van der Waals surface area (Å²) >= 11 is 0. The van der Waals surface area contributed by atoms with Crippen LogP contribution in [0.1, 0.15) is 25.3 Å². The minimum atomic E-state index is 0.0468. The summed E-state index contributed by atoms with van der Waals surface area (Å²) in [5.74, 6) is 0.0468. The normalized spacial score (nSPS) is 10.8. The van der Waals surface area contributed by atoms with Gasteiger partial charge in [-0.25, -0.2) is 4.98 Å². The maximum absolute atomic E-state index is 11.7. The van der Waals surface area contributed by atoms with Crippen LogP contribution in [-0.2, 0) is 4.79 Å². The molecule has 112 valence electrons. The summed E-state index contributed by atoms with van der Waals surface area (Å²) in [6, 6.07) is 11.9. The van der Waals surface area contributed by atoms with Crippen molar-refractivity contribution in [2.45, 2.75) is 26.7 Å². The molecule has 0 radical (unpaired) electrons. The van der Waals surface area contributed by atoms with Crippen LogP contribution in [0.2, 0.25) is 0 Å². The van der Waals surface area contributed by atoms with Crippen molar-refractivity contribution in [3.63, 3.8) is 0 Å². The predicted molar refractivity (Wildman–Crippen MR) is 88.9 cm³/mol. The average Bonchev–Trinajstić information content (AvgIpc) is 2.93. The molecule has 4 heteroatoms. The highest BCUT2D eigenvalue weighted by Crippen LogP contribution is 2.23. The number of nitrogens with one attached hydrogen (secondary N) is 1. The van der Waals surface area contributed by atoms with Crippen molar-refractivity contribution < 1.29 is 4.79 Å². The van der Waals surface area contributed by atoms with E-state index < -0.39 is 0 Å². The van der Waals surface area contributed by atoms with Gasteiger partial charge in [0.2, 0.25) is 5.91 Å². The van der Waals surface area contributed by atoms with E-state index in [1.807, 2.05) is 67.0 Å². The van der Waals surface area contributed by atoms with E-state index in [-0.39, 0.29) is 5.91 Å². The van der Waals surface area contributed by atoms with E-state index in [1.54, 1.807) is 0 Å². The van der Waals surface area contributed by atoms with Crippen molar-refractivity contribution in [3.05, 3.63) is 54.4 Å². The maximum Gasteiger partial charge on any atom is 0.224 e.